The summed E-state index contributed by atoms with van der Waals surface area (Å²) >= 11 is 0. The van der Waals surface area contributed by atoms with Crippen LogP contribution in [0.25, 0.3) is 0 Å². The van der Waals surface area contributed by atoms with Gasteiger partial charge in [-0.2, -0.15) is 0 Å². The quantitative estimate of drug-likeness (QED) is 0.790. The first-order valence-electron chi connectivity index (χ1n) is 4.05. The summed E-state index contributed by atoms with van der Waals surface area (Å²) < 4.78 is 39.6. The zero-order valence-electron chi connectivity index (χ0n) is 7.93. The molecule has 0 atom stereocenters. The largest absolute Gasteiger partial charge is 0.573 e. The van der Waals surface area contributed by atoms with Gasteiger partial charge in [-0.25, -0.2) is 0 Å². The van der Waals surface area contributed by atoms with E-state index in [1.165, 1.54) is 6.92 Å². The number of rotatable bonds is 2. The number of hydrogen-bond donors (Lipinski definition) is 2. The predicted octanol–water partition coefficient (Wildman–Crippen LogP) is 1.33. The lowest BCUT2D eigenvalue weighted by Crippen LogP contribution is -2.19. The minimum atomic E-state index is -4.77. The molecule has 1 heterocycles. The molecule has 0 aliphatic rings. The van der Waals surface area contributed by atoms with Crippen molar-refractivity contribution in [2.24, 2.45) is 5.73 Å². The summed E-state index contributed by atoms with van der Waals surface area (Å²) in [6.45, 7) is 1.49. The third-order valence-corrected chi connectivity index (χ3v) is 1.65. The highest BCUT2D eigenvalue weighted by atomic mass is 19.4. The van der Waals surface area contributed by atoms with Crippen molar-refractivity contribution < 1.29 is 17.9 Å². The fourth-order valence-electron chi connectivity index (χ4n) is 1.08. The average molecular weight is 221 g/mol. The lowest BCUT2D eigenvalue weighted by atomic mass is 10.2. The van der Waals surface area contributed by atoms with Crippen LogP contribution in [0.3, 0.4) is 0 Å². The fourth-order valence-corrected chi connectivity index (χ4v) is 1.08. The molecule has 0 aliphatic heterocycles. The highest BCUT2D eigenvalue weighted by Crippen LogP contribution is 2.30. The van der Waals surface area contributed by atoms with Crippen LogP contribution < -0.4 is 16.2 Å². The number of hydrogen-bond acceptors (Lipinski definition) is 4. The number of nitrogens with two attached hydrogens (primary N) is 2. The van der Waals surface area contributed by atoms with Crippen molar-refractivity contribution in [2.45, 2.75) is 19.8 Å². The van der Waals surface area contributed by atoms with E-state index < -0.39 is 12.1 Å². The number of halogens is 3. The molecule has 0 bridgehead atoms. The van der Waals surface area contributed by atoms with Gasteiger partial charge in [0, 0.05) is 18.3 Å². The van der Waals surface area contributed by atoms with Gasteiger partial charge in [-0.05, 0) is 6.92 Å². The maximum Gasteiger partial charge on any atom is 0.573 e. The van der Waals surface area contributed by atoms with Crippen LogP contribution in [0, 0.1) is 6.92 Å². The van der Waals surface area contributed by atoms with Crippen molar-refractivity contribution in [1.29, 1.82) is 0 Å². The topological polar surface area (TPSA) is 74.2 Å². The van der Waals surface area contributed by atoms with Crippen LogP contribution in [0.5, 0.6) is 5.75 Å². The monoisotopic (exact) mass is 221 g/mol. The summed E-state index contributed by atoms with van der Waals surface area (Å²) in [5, 5.41) is 0. The van der Waals surface area contributed by atoms with Crippen LogP contribution in [0.2, 0.25) is 0 Å². The smallest absolute Gasteiger partial charge is 0.403 e. The first kappa shape index (κ1) is 11.6. The lowest BCUT2D eigenvalue weighted by molar-refractivity contribution is -0.274. The average Bonchev–Trinajstić information content (AvgIpc) is 2.08. The summed E-state index contributed by atoms with van der Waals surface area (Å²) in [7, 11) is 0. The Hall–Kier alpha value is -1.50. The van der Waals surface area contributed by atoms with E-state index in [9.17, 15) is 13.2 Å². The highest BCUT2D eigenvalue weighted by molar-refractivity contribution is 5.56. The first-order chi connectivity index (χ1) is 6.83. The molecule has 1 aromatic rings. The standard InChI is InChI=1S/C8H10F3N3O/c1-4-2-6(15-8(9,10)11)7(13)5(3-12)14-4/h2H,3,12-13H2,1H3. The van der Waals surface area contributed by atoms with Crippen molar-refractivity contribution in [2.75, 3.05) is 5.73 Å². The Morgan fingerprint density at radius 2 is 2.07 bits per heavy atom. The molecule has 4 nitrogen and oxygen atoms in total. The zero-order chi connectivity index (χ0) is 11.6. The Balaban J connectivity index is 3.12. The van der Waals surface area contributed by atoms with Gasteiger partial charge in [-0.15, -0.1) is 13.2 Å². The minimum Gasteiger partial charge on any atom is -0.403 e. The number of anilines is 1. The number of pyridine rings is 1. The van der Waals surface area contributed by atoms with Crippen LogP contribution in [0.15, 0.2) is 6.07 Å². The van der Waals surface area contributed by atoms with Crippen LogP contribution in [-0.4, -0.2) is 11.3 Å². The molecule has 1 rings (SSSR count). The molecule has 15 heavy (non-hydrogen) atoms. The summed E-state index contributed by atoms with van der Waals surface area (Å²) in [6.07, 6.45) is -4.77. The van der Waals surface area contributed by atoms with Crippen LogP contribution in [0.1, 0.15) is 11.4 Å². The van der Waals surface area contributed by atoms with Gasteiger partial charge in [-0.1, -0.05) is 0 Å². The predicted molar refractivity (Wildman–Crippen MR) is 48.0 cm³/mol. The van der Waals surface area contributed by atoms with Crippen LogP contribution >= 0.6 is 0 Å². The molecule has 0 radical (unpaired) electrons. The minimum absolute atomic E-state index is 0.0399. The second-order valence-corrected chi connectivity index (χ2v) is 2.87. The van der Waals surface area contributed by atoms with Gasteiger partial charge in [0.1, 0.15) is 0 Å². The maximum absolute atomic E-state index is 12.0. The van der Waals surface area contributed by atoms with Crippen molar-refractivity contribution in [1.82, 2.24) is 4.98 Å². The number of ether oxygens (including phenoxy) is 1. The lowest BCUT2D eigenvalue weighted by Gasteiger charge is -2.13. The van der Waals surface area contributed by atoms with E-state index in [4.69, 9.17) is 11.5 Å². The Bertz CT molecular complexity index is 365. The van der Waals surface area contributed by atoms with Crippen molar-refractivity contribution in [3.8, 4) is 5.75 Å². The van der Waals surface area contributed by atoms with Crippen molar-refractivity contribution in [3.05, 3.63) is 17.5 Å². The third kappa shape index (κ3) is 2.98. The molecule has 0 spiro atoms. The molecule has 0 aliphatic carbocycles. The normalized spacial score (nSPS) is 11.5. The number of nitrogens with zero attached hydrogens (tertiary/aromatic N) is 1. The molecule has 0 unspecified atom stereocenters. The first-order valence-corrected chi connectivity index (χ1v) is 4.05. The molecule has 0 amide bonds. The van der Waals surface area contributed by atoms with E-state index in [1.807, 2.05) is 0 Å². The Labute approximate surface area is 84.0 Å². The fraction of sp³-hybridized carbons (Fsp3) is 0.375. The van der Waals surface area contributed by atoms with Gasteiger partial charge < -0.3 is 16.2 Å². The Kier molecular flexibility index (Phi) is 3.04. The molecule has 0 fully saturated rings. The summed E-state index contributed by atoms with van der Waals surface area (Å²) in [4.78, 5) is 3.88. The number of aryl methyl sites for hydroxylation is 1. The van der Waals surface area contributed by atoms with Crippen molar-refractivity contribution in [3.63, 3.8) is 0 Å². The van der Waals surface area contributed by atoms with Gasteiger partial charge in [-0.3, -0.25) is 4.98 Å². The highest BCUT2D eigenvalue weighted by Gasteiger charge is 2.32. The second-order valence-electron chi connectivity index (χ2n) is 2.87. The van der Waals surface area contributed by atoms with E-state index in [-0.39, 0.29) is 17.9 Å². The molecule has 0 saturated carbocycles. The van der Waals surface area contributed by atoms with E-state index in [1.54, 1.807) is 0 Å². The second kappa shape index (κ2) is 3.93. The van der Waals surface area contributed by atoms with E-state index >= 15 is 0 Å². The van der Waals surface area contributed by atoms with Gasteiger partial charge in [0.05, 0.1) is 11.4 Å². The molecule has 7 heteroatoms. The summed E-state index contributed by atoms with van der Waals surface area (Å²) in [5.74, 6) is -0.463. The van der Waals surface area contributed by atoms with E-state index in [0.717, 1.165) is 6.07 Å². The van der Waals surface area contributed by atoms with Crippen LogP contribution in [-0.2, 0) is 6.54 Å². The molecular weight excluding hydrogens is 211 g/mol. The summed E-state index contributed by atoms with van der Waals surface area (Å²) in [5.41, 5.74) is 11.0. The maximum atomic E-state index is 12.0. The number of alkyl halides is 3. The SMILES string of the molecule is Cc1cc(OC(F)(F)F)c(N)c(CN)n1. The summed E-state index contributed by atoms with van der Waals surface area (Å²) in [6, 6.07) is 1.11. The zero-order valence-corrected chi connectivity index (χ0v) is 7.93. The van der Waals surface area contributed by atoms with Gasteiger partial charge in [0.25, 0.3) is 0 Å². The van der Waals surface area contributed by atoms with Crippen LogP contribution in [0.4, 0.5) is 18.9 Å². The molecule has 84 valence electrons. The van der Waals surface area contributed by atoms with E-state index in [2.05, 4.69) is 9.72 Å². The van der Waals surface area contributed by atoms with E-state index in [0.29, 0.717) is 5.69 Å². The molecule has 4 N–H and O–H groups in total. The third-order valence-electron chi connectivity index (χ3n) is 1.65. The number of nitrogen functional groups attached to an aromatic ring is 1. The van der Waals surface area contributed by atoms with Gasteiger partial charge >= 0.3 is 6.36 Å². The molecule has 0 aromatic carbocycles. The molecule has 0 saturated heterocycles. The van der Waals surface area contributed by atoms with Crippen molar-refractivity contribution >= 4 is 5.69 Å². The Morgan fingerprint density at radius 1 is 1.47 bits per heavy atom. The number of aromatic nitrogens is 1. The Morgan fingerprint density at radius 3 is 2.53 bits per heavy atom. The van der Waals surface area contributed by atoms with Gasteiger partial charge in [0.2, 0.25) is 0 Å². The molecular formula is C8H10F3N3O. The van der Waals surface area contributed by atoms with Gasteiger partial charge in [0.15, 0.2) is 5.75 Å². The molecule has 1 aromatic heterocycles.